The lowest BCUT2D eigenvalue weighted by Gasteiger charge is -2.38. The summed E-state index contributed by atoms with van der Waals surface area (Å²) in [6, 6.07) is 19.1. The van der Waals surface area contributed by atoms with Gasteiger partial charge >= 0.3 is 0 Å². The highest BCUT2D eigenvalue weighted by molar-refractivity contribution is 6.06. The molecule has 0 atom stereocenters. The van der Waals surface area contributed by atoms with E-state index in [1.165, 1.54) is 18.2 Å². The van der Waals surface area contributed by atoms with Gasteiger partial charge in [-0.2, -0.15) is 0 Å². The maximum absolute atomic E-state index is 14.2. The second-order valence-electron chi connectivity index (χ2n) is 10.4. The molecule has 2 heterocycles. The van der Waals surface area contributed by atoms with Gasteiger partial charge in [0.1, 0.15) is 11.6 Å². The zero-order valence-corrected chi connectivity index (χ0v) is 24.0. The number of carbonyl (C=O) groups is 2. The Labute approximate surface area is 246 Å². The minimum absolute atomic E-state index is 0.0526. The Hall–Kier alpha value is -4.15. The number of piperazine rings is 1. The van der Waals surface area contributed by atoms with Crippen LogP contribution in [0.3, 0.4) is 0 Å². The Kier molecular flexibility index (Phi) is 9.89. The number of amides is 2. The molecule has 2 amide bonds. The highest BCUT2D eigenvalue weighted by Crippen LogP contribution is 2.31. The lowest BCUT2D eigenvalue weighted by atomic mass is 10.1. The summed E-state index contributed by atoms with van der Waals surface area (Å²) in [5.41, 5.74) is 2.69. The normalized spacial score (nSPS) is 15.8. The lowest BCUT2D eigenvalue weighted by molar-refractivity contribution is 0.0374. The third-order valence-corrected chi connectivity index (χ3v) is 7.70. The van der Waals surface area contributed by atoms with Crippen LogP contribution in [-0.2, 0) is 4.74 Å². The van der Waals surface area contributed by atoms with Crippen LogP contribution in [-0.4, -0.2) is 89.4 Å². The van der Waals surface area contributed by atoms with Crippen LogP contribution < -0.4 is 25.2 Å². The van der Waals surface area contributed by atoms with Crippen LogP contribution in [0.5, 0.6) is 5.75 Å². The van der Waals surface area contributed by atoms with E-state index in [1.54, 1.807) is 25.3 Å². The fourth-order valence-electron chi connectivity index (χ4n) is 5.42. The molecule has 2 aliphatic heterocycles. The zero-order valence-electron chi connectivity index (χ0n) is 24.0. The highest BCUT2D eigenvalue weighted by Gasteiger charge is 2.24. The molecule has 3 aromatic rings. The third kappa shape index (κ3) is 7.18. The first kappa shape index (κ1) is 29.3. The van der Waals surface area contributed by atoms with E-state index < -0.39 is 11.7 Å². The van der Waals surface area contributed by atoms with Gasteiger partial charge in [0.2, 0.25) is 0 Å². The van der Waals surface area contributed by atoms with Crippen LogP contribution in [0.2, 0.25) is 0 Å². The van der Waals surface area contributed by atoms with Crippen molar-refractivity contribution in [3.8, 4) is 5.75 Å². The number of morpholine rings is 1. The van der Waals surface area contributed by atoms with Crippen molar-refractivity contribution in [2.45, 2.75) is 6.42 Å². The van der Waals surface area contributed by atoms with Gasteiger partial charge in [-0.05, 0) is 55.4 Å². The average molecular weight is 576 g/mol. The topological polar surface area (TPSA) is 86.4 Å². The van der Waals surface area contributed by atoms with E-state index >= 15 is 0 Å². The molecular formula is C32H38FN5O4. The number of benzene rings is 3. The molecule has 10 heteroatoms. The fraction of sp³-hybridized carbons (Fsp3) is 0.375. The largest absolute Gasteiger partial charge is 0.495 e. The van der Waals surface area contributed by atoms with E-state index in [1.807, 2.05) is 24.3 Å². The first-order valence-electron chi connectivity index (χ1n) is 14.4. The van der Waals surface area contributed by atoms with Gasteiger partial charge in [0.15, 0.2) is 0 Å². The number of hydrogen-bond acceptors (Lipinski definition) is 7. The van der Waals surface area contributed by atoms with Crippen LogP contribution in [0.15, 0.2) is 66.7 Å². The number of halogens is 1. The van der Waals surface area contributed by atoms with E-state index in [0.717, 1.165) is 69.5 Å². The van der Waals surface area contributed by atoms with Gasteiger partial charge in [-0.3, -0.25) is 14.5 Å². The van der Waals surface area contributed by atoms with Gasteiger partial charge in [-0.25, -0.2) is 4.39 Å². The number of nitrogens with one attached hydrogen (secondary N) is 2. The van der Waals surface area contributed by atoms with Crippen LogP contribution in [0, 0.1) is 5.82 Å². The minimum atomic E-state index is -0.599. The SMILES string of the molecule is COc1ccccc1N1CCN(c2ccc(NC(=O)c3ccccc3F)cc2C(=O)NCCCN2CCOCC2)CC1. The molecule has 3 aromatic carbocycles. The molecule has 0 aromatic heterocycles. The summed E-state index contributed by atoms with van der Waals surface area (Å²) < 4.78 is 25.2. The lowest BCUT2D eigenvalue weighted by Crippen LogP contribution is -2.47. The molecular weight excluding hydrogens is 537 g/mol. The molecule has 0 radical (unpaired) electrons. The zero-order chi connectivity index (χ0) is 29.3. The Morgan fingerprint density at radius 2 is 1.52 bits per heavy atom. The Balaban J connectivity index is 1.30. The molecule has 2 N–H and O–H groups in total. The van der Waals surface area contributed by atoms with Gasteiger partial charge < -0.3 is 29.9 Å². The number of hydrogen-bond donors (Lipinski definition) is 2. The molecule has 222 valence electrons. The number of nitrogens with zero attached hydrogens (tertiary/aromatic N) is 3. The number of ether oxygens (including phenoxy) is 2. The molecule has 0 spiro atoms. The smallest absolute Gasteiger partial charge is 0.258 e. The highest BCUT2D eigenvalue weighted by atomic mass is 19.1. The maximum Gasteiger partial charge on any atom is 0.258 e. The van der Waals surface area contributed by atoms with Crippen molar-refractivity contribution < 1.29 is 23.5 Å². The van der Waals surface area contributed by atoms with Crippen molar-refractivity contribution in [3.05, 3.63) is 83.7 Å². The monoisotopic (exact) mass is 575 g/mol. The molecule has 0 aliphatic carbocycles. The predicted molar refractivity (Wildman–Crippen MR) is 162 cm³/mol. The third-order valence-electron chi connectivity index (χ3n) is 7.70. The molecule has 9 nitrogen and oxygen atoms in total. The van der Waals surface area contributed by atoms with E-state index in [9.17, 15) is 14.0 Å². The summed E-state index contributed by atoms with van der Waals surface area (Å²) in [6.07, 6.45) is 0.822. The summed E-state index contributed by atoms with van der Waals surface area (Å²) >= 11 is 0. The van der Waals surface area contributed by atoms with Gasteiger partial charge in [0.25, 0.3) is 11.8 Å². The Bertz CT molecular complexity index is 1370. The second kappa shape index (κ2) is 14.2. The number of anilines is 3. The predicted octanol–water partition coefficient (Wildman–Crippen LogP) is 3.87. The van der Waals surface area contributed by atoms with Crippen molar-refractivity contribution in [1.29, 1.82) is 0 Å². The molecule has 0 unspecified atom stereocenters. The fourth-order valence-corrected chi connectivity index (χ4v) is 5.42. The molecule has 0 saturated carbocycles. The molecule has 2 saturated heterocycles. The van der Waals surface area contributed by atoms with E-state index in [4.69, 9.17) is 9.47 Å². The number of carbonyl (C=O) groups excluding carboxylic acids is 2. The maximum atomic E-state index is 14.2. The van der Waals surface area contributed by atoms with E-state index in [-0.39, 0.29) is 11.5 Å². The Morgan fingerprint density at radius 3 is 2.26 bits per heavy atom. The quantitative estimate of drug-likeness (QED) is 0.355. The molecule has 42 heavy (non-hydrogen) atoms. The van der Waals surface area contributed by atoms with Crippen molar-refractivity contribution in [3.63, 3.8) is 0 Å². The van der Waals surface area contributed by atoms with Gasteiger partial charge in [-0.15, -0.1) is 0 Å². The van der Waals surface area contributed by atoms with Crippen molar-refractivity contribution in [1.82, 2.24) is 10.2 Å². The average Bonchev–Trinajstić information content (AvgIpc) is 3.03. The molecule has 2 fully saturated rings. The van der Waals surface area contributed by atoms with Crippen LogP contribution in [0.1, 0.15) is 27.1 Å². The van der Waals surface area contributed by atoms with E-state index in [0.29, 0.717) is 30.9 Å². The summed E-state index contributed by atoms with van der Waals surface area (Å²) in [5, 5.41) is 5.82. The molecule has 2 aliphatic rings. The molecule has 0 bridgehead atoms. The van der Waals surface area contributed by atoms with Crippen LogP contribution in [0.25, 0.3) is 0 Å². The summed E-state index contributed by atoms with van der Waals surface area (Å²) in [4.78, 5) is 33.1. The van der Waals surface area contributed by atoms with Crippen LogP contribution >= 0.6 is 0 Å². The summed E-state index contributed by atoms with van der Waals surface area (Å²) in [6.45, 7) is 7.64. The molecule has 5 rings (SSSR count). The summed E-state index contributed by atoms with van der Waals surface area (Å²) in [7, 11) is 1.67. The van der Waals surface area contributed by atoms with Crippen LogP contribution in [0.4, 0.5) is 21.5 Å². The number of methoxy groups -OCH3 is 1. The standard InChI is InChI=1S/C32H38FN5O4/c1-41-30-10-5-4-9-29(30)38-17-15-37(16-18-38)28-12-11-24(35-32(40)25-7-2-3-8-27(25)33)23-26(28)31(39)34-13-6-14-36-19-21-42-22-20-36/h2-5,7-12,23H,6,13-22H2,1H3,(H,34,39)(H,35,40). The minimum Gasteiger partial charge on any atom is -0.495 e. The summed E-state index contributed by atoms with van der Waals surface area (Å²) in [5.74, 6) is -0.542. The van der Waals surface area contributed by atoms with Crippen molar-refractivity contribution >= 4 is 28.9 Å². The van der Waals surface area contributed by atoms with Crippen molar-refractivity contribution in [2.75, 3.05) is 87.8 Å². The van der Waals surface area contributed by atoms with Gasteiger partial charge in [0, 0.05) is 57.2 Å². The van der Waals surface area contributed by atoms with Crippen molar-refractivity contribution in [2.24, 2.45) is 0 Å². The second-order valence-corrected chi connectivity index (χ2v) is 10.4. The number of para-hydroxylation sites is 2. The van der Waals surface area contributed by atoms with Gasteiger partial charge in [0.05, 0.1) is 37.1 Å². The van der Waals surface area contributed by atoms with E-state index in [2.05, 4.69) is 31.4 Å². The van der Waals surface area contributed by atoms with Gasteiger partial charge in [-0.1, -0.05) is 24.3 Å². The first-order valence-corrected chi connectivity index (χ1v) is 14.4. The Morgan fingerprint density at radius 1 is 0.833 bits per heavy atom. The number of rotatable bonds is 10. The first-order chi connectivity index (χ1) is 20.5.